The average Bonchev–Trinajstić information content (AvgIpc) is 3.37. The molecule has 3 aromatic rings. The van der Waals surface area contributed by atoms with Gasteiger partial charge in [-0.1, -0.05) is 19.0 Å². The maximum absolute atomic E-state index is 13.5. The lowest BCUT2D eigenvalue weighted by Crippen LogP contribution is -2.38. The maximum atomic E-state index is 13.5. The molecule has 0 spiro atoms. The normalized spacial score (nSPS) is 17.9. The van der Waals surface area contributed by atoms with E-state index in [1.165, 1.54) is 12.1 Å². The van der Waals surface area contributed by atoms with Crippen molar-refractivity contribution in [2.75, 3.05) is 26.2 Å². The number of piperidine rings is 1. The quantitative estimate of drug-likeness (QED) is 0.331. The first-order chi connectivity index (χ1) is 19.4. The standard InChI is InChI=1S/C28H35FN4O5.C2H6/c1-18-21(28(36)33-12-4-5-23(27(33)30-18)37-16-3-2-6-25(34)35)11-15-32-13-9-19(10-14-32)26-22-8-7-20(29)17-24(22)38-31-26;1-2/h7-8,17,19,23H,2-6,9-16H2,1H3,(H,34,35);1-2H3. The van der Waals surface area contributed by atoms with Gasteiger partial charge in [0.25, 0.3) is 5.56 Å². The number of aliphatic carboxylic acids is 1. The van der Waals surface area contributed by atoms with Gasteiger partial charge >= 0.3 is 5.97 Å². The summed E-state index contributed by atoms with van der Waals surface area (Å²) in [6, 6.07) is 4.57. The van der Waals surface area contributed by atoms with E-state index in [0.717, 1.165) is 67.7 Å². The molecule has 0 aliphatic carbocycles. The number of aromatic nitrogens is 3. The zero-order chi connectivity index (χ0) is 28.6. The van der Waals surface area contributed by atoms with Crippen molar-refractivity contribution < 1.29 is 23.6 Å². The van der Waals surface area contributed by atoms with Crippen LogP contribution in [0.3, 0.4) is 0 Å². The lowest BCUT2D eigenvalue weighted by molar-refractivity contribution is -0.137. The van der Waals surface area contributed by atoms with E-state index >= 15 is 0 Å². The number of nitrogens with zero attached hydrogens (tertiary/aromatic N) is 4. The lowest BCUT2D eigenvalue weighted by atomic mass is 9.91. The smallest absolute Gasteiger partial charge is 0.303 e. The molecule has 1 N–H and O–H groups in total. The first-order valence-corrected chi connectivity index (χ1v) is 14.6. The number of carboxylic acid groups (broad SMARTS) is 1. The molecule has 1 aromatic carbocycles. The predicted molar refractivity (Wildman–Crippen MR) is 150 cm³/mol. The van der Waals surface area contributed by atoms with Crippen molar-refractivity contribution in [1.82, 2.24) is 19.6 Å². The molecule has 1 unspecified atom stereocenters. The third kappa shape index (κ3) is 6.96. The van der Waals surface area contributed by atoms with Crippen molar-refractivity contribution in [3.8, 4) is 0 Å². The highest BCUT2D eigenvalue weighted by Crippen LogP contribution is 2.33. The summed E-state index contributed by atoms with van der Waals surface area (Å²) in [6.45, 7) is 9.60. The number of hydrogen-bond donors (Lipinski definition) is 1. The van der Waals surface area contributed by atoms with Gasteiger partial charge in [-0.2, -0.15) is 0 Å². The van der Waals surface area contributed by atoms with E-state index in [4.69, 9.17) is 19.4 Å². The van der Waals surface area contributed by atoms with Crippen LogP contribution in [-0.2, 0) is 22.5 Å². The zero-order valence-electron chi connectivity index (χ0n) is 23.8. The van der Waals surface area contributed by atoms with E-state index in [9.17, 15) is 14.0 Å². The molecule has 0 radical (unpaired) electrons. The van der Waals surface area contributed by atoms with Crippen LogP contribution in [0.4, 0.5) is 4.39 Å². The number of fused-ring (bicyclic) bond motifs is 2. The molecule has 40 heavy (non-hydrogen) atoms. The Balaban J connectivity index is 0.00000181. The highest BCUT2D eigenvalue weighted by Gasteiger charge is 2.28. The van der Waals surface area contributed by atoms with E-state index in [2.05, 4.69) is 10.1 Å². The number of benzene rings is 1. The SMILES string of the molecule is CC.Cc1nc2n(c(=O)c1CCN1CCC(c3noc4cc(F)ccc34)CC1)CCCC2OCCCCC(=O)O. The summed E-state index contributed by atoms with van der Waals surface area (Å²) in [5.41, 5.74) is 2.96. The summed E-state index contributed by atoms with van der Waals surface area (Å²) in [5.74, 6) is -0.151. The number of carboxylic acids is 1. The molecule has 4 heterocycles. The van der Waals surface area contributed by atoms with Gasteiger partial charge in [-0.25, -0.2) is 9.37 Å². The Kier molecular flexibility index (Phi) is 10.4. The van der Waals surface area contributed by atoms with Gasteiger partial charge in [-0.05, 0) is 77.1 Å². The van der Waals surface area contributed by atoms with Gasteiger partial charge < -0.3 is 19.3 Å². The molecule has 2 aliphatic rings. The summed E-state index contributed by atoms with van der Waals surface area (Å²) < 4.78 is 26.6. The molecule has 2 aliphatic heterocycles. The van der Waals surface area contributed by atoms with Crippen LogP contribution >= 0.6 is 0 Å². The number of rotatable bonds is 10. The second kappa shape index (κ2) is 14.0. The van der Waals surface area contributed by atoms with Gasteiger partial charge in [-0.15, -0.1) is 0 Å². The summed E-state index contributed by atoms with van der Waals surface area (Å²) in [6.07, 6.45) is 5.35. The molecule has 0 amide bonds. The van der Waals surface area contributed by atoms with Crippen LogP contribution in [0.5, 0.6) is 0 Å². The van der Waals surface area contributed by atoms with Crippen molar-refractivity contribution in [2.45, 2.75) is 90.7 Å². The largest absolute Gasteiger partial charge is 0.481 e. The molecular weight excluding hydrogens is 515 g/mol. The van der Waals surface area contributed by atoms with Crippen LogP contribution < -0.4 is 5.56 Å². The molecule has 5 rings (SSSR count). The Labute approximate surface area is 234 Å². The van der Waals surface area contributed by atoms with Gasteiger partial charge in [-0.3, -0.25) is 14.2 Å². The number of carbonyl (C=O) groups is 1. The molecule has 0 bridgehead atoms. The van der Waals surface area contributed by atoms with Gasteiger partial charge in [0.05, 0.1) is 5.69 Å². The minimum absolute atomic E-state index is 0.0304. The number of hydrogen-bond acceptors (Lipinski definition) is 7. The molecular formula is C30H41FN4O5. The molecule has 9 nitrogen and oxygen atoms in total. The van der Waals surface area contributed by atoms with Crippen LogP contribution in [0.25, 0.3) is 11.0 Å². The Morgan fingerprint density at radius 1 is 1.18 bits per heavy atom. The van der Waals surface area contributed by atoms with E-state index in [1.54, 1.807) is 10.6 Å². The maximum Gasteiger partial charge on any atom is 0.303 e. The van der Waals surface area contributed by atoms with Crippen LogP contribution in [0.1, 0.15) is 93.6 Å². The molecule has 1 atom stereocenters. The molecule has 0 saturated carbocycles. The van der Waals surface area contributed by atoms with Crippen molar-refractivity contribution in [3.63, 3.8) is 0 Å². The third-order valence-electron chi connectivity index (χ3n) is 7.85. The number of ether oxygens (including phenoxy) is 1. The second-order valence-corrected chi connectivity index (χ2v) is 10.4. The van der Waals surface area contributed by atoms with Crippen LogP contribution in [0.15, 0.2) is 27.5 Å². The van der Waals surface area contributed by atoms with Crippen LogP contribution in [0, 0.1) is 12.7 Å². The van der Waals surface area contributed by atoms with Gasteiger partial charge in [0.1, 0.15) is 17.7 Å². The number of aryl methyl sites for hydroxylation is 1. The summed E-state index contributed by atoms with van der Waals surface area (Å²) in [5, 5.41) is 13.9. The lowest BCUT2D eigenvalue weighted by Gasteiger charge is -2.31. The van der Waals surface area contributed by atoms with Gasteiger partial charge in [0, 0.05) is 54.7 Å². The highest BCUT2D eigenvalue weighted by atomic mass is 19.1. The number of unbranched alkanes of at least 4 members (excludes halogenated alkanes) is 1. The summed E-state index contributed by atoms with van der Waals surface area (Å²) >= 11 is 0. The fourth-order valence-electron chi connectivity index (χ4n) is 5.72. The first-order valence-electron chi connectivity index (χ1n) is 14.6. The minimum Gasteiger partial charge on any atom is -0.481 e. The monoisotopic (exact) mass is 556 g/mol. The molecule has 218 valence electrons. The van der Waals surface area contributed by atoms with Crippen molar-refractivity contribution in [1.29, 1.82) is 0 Å². The van der Waals surface area contributed by atoms with E-state index in [1.807, 2.05) is 20.8 Å². The van der Waals surface area contributed by atoms with Crippen LogP contribution in [-0.4, -0.2) is 56.9 Å². The van der Waals surface area contributed by atoms with Gasteiger partial charge in [0.15, 0.2) is 5.58 Å². The topological polar surface area (TPSA) is 111 Å². The van der Waals surface area contributed by atoms with E-state index in [-0.39, 0.29) is 29.8 Å². The summed E-state index contributed by atoms with van der Waals surface area (Å²) in [4.78, 5) is 31.3. The fourth-order valence-corrected chi connectivity index (χ4v) is 5.72. The van der Waals surface area contributed by atoms with Crippen molar-refractivity contribution >= 4 is 16.9 Å². The predicted octanol–water partition coefficient (Wildman–Crippen LogP) is 5.39. The Hall–Kier alpha value is -3.11. The Bertz CT molecular complexity index is 1350. The highest BCUT2D eigenvalue weighted by molar-refractivity contribution is 5.79. The fraction of sp³-hybridized carbons (Fsp3) is 0.600. The van der Waals surface area contributed by atoms with E-state index in [0.29, 0.717) is 43.8 Å². The Morgan fingerprint density at radius 3 is 2.70 bits per heavy atom. The molecule has 1 saturated heterocycles. The zero-order valence-corrected chi connectivity index (χ0v) is 23.8. The molecule has 2 aromatic heterocycles. The Morgan fingerprint density at radius 2 is 1.95 bits per heavy atom. The number of likely N-dealkylation sites (tertiary alicyclic amines) is 1. The second-order valence-electron chi connectivity index (χ2n) is 10.4. The van der Waals surface area contributed by atoms with Gasteiger partial charge in [0.2, 0.25) is 0 Å². The molecule has 10 heteroatoms. The van der Waals surface area contributed by atoms with E-state index < -0.39 is 5.97 Å². The number of halogens is 1. The third-order valence-corrected chi connectivity index (χ3v) is 7.85. The minimum atomic E-state index is -0.796. The molecule has 1 fully saturated rings. The van der Waals surface area contributed by atoms with Crippen LogP contribution in [0.2, 0.25) is 0 Å². The summed E-state index contributed by atoms with van der Waals surface area (Å²) in [7, 11) is 0. The average molecular weight is 557 g/mol. The van der Waals surface area contributed by atoms with Crippen molar-refractivity contribution in [3.05, 3.63) is 57.1 Å². The van der Waals surface area contributed by atoms with Crippen molar-refractivity contribution in [2.24, 2.45) is 0 Å². The first kappa shape index (κ1) is 29.9.